The summed E-state index contributed by atoms with van der Waals surface area (Å²) in [6.45, 7) is 9.42. The molecule has 3 aromatic heterocycles. The molecule has 1 N–H and O–H groups in total. The van der Waals surface area contributed by atoms with Crippen molar-refractivity contribution >= 4 is 11.0 Å². The highest BCUT2D eigenvalue weighted by Gasteiger charge is 2.35. The van der Waals surface area contributed by atoms with Crippen molar-refractivity contribution in [3.05, 3.63) is 42.0 Å². The summed E-state index contributed by atoms with van der Waals surface area (Å²) < 4.78 is 0. The molecule has 5 heteroatoms. The molecule has 5 nitrogen and oxygen atoms in total. The largest absolute Gasteiger partial charge is 0.356 e. The molecule has 2 fully saturated rings. The summed E-state index contributed by atoms with van der Waals surface area (Å²) in [6.07, 6.45) is 11.8. The molecule has 2 saturated heterocycles. The predicted octanol–water partition coefficient (Wildman–Crippen LogP) is 5.05. The summed E-state index contributed by atoms with van der Waals surface area (Å²) in [4.78, 5) is 20.3. The Bertz CT molecular complexity index is 1000. The zero-order chi connectivity index (χ0) is 20.0. The van der Waals surface area contributed by atoms with E-state index in [9.17, 15) is 0 Å². The van der Waals surface area contributed by atoms with Crippen LogP contribution in [0.3, 0.4) is 0 Å². The maximum atomic E-state index is 5.11. The zero-order valence-electron chi connectivity index (χ0n) is 17.8. The Balaban J connectivity index is 1.61. The Hall–Kier alpha value is -2.27. The molecular formula is C24H31N5. The molecule has 0 aliphatic carbocycles. The van der Waals surface area contributed by atoms with Crippen molar-refractivity contribution in [2.75, 3.05) is 13.1 Å². The molecule has 152 valence electrons. The number of hydrogen-bond acceptors (Lipinski definition) is 4. The SMILES string of the molecule is CC(C)(C)c1[nH]c2ccc(-c3cnccn3)nc2c1C1CCN2CCCCC2C1. The highest BCUT2D eigenvalue weighted by Crippen LogP contribution is 2.43. The Kier molecular flexibility index (Phi) is 4.66. The van der Waals surface area contributed by atoms with Crippen LogP contribution in [0.5, 0.6) is 0 Å². The van der Waals surface area contributed by atoms with Crippen molar-refractivity contribution in [2.45, 2.75) is 70.3 Å². The van der Waals surface area contributed by atoms with Gasteiger partial charge in [0.2, 0.25) is 0 Å². The van der Waals surface area contributed by atoms with E-state index in [-0.39, 0.29) is 5.41 Å². The van der Waals surface area contributed by atoms with Crippen LogP contribution in [0.25, 0.3) is 22.4 Å². The van der Waals surface area contributed by atoms with E-state index in [2.05, 4.69) is 52.8 Å². The number of hydrogen-bond donors (Lipinski definition) is 1. The van der Waals surface area contributed by atoms with Gasteiger partial charge >= 0.3 is 0 Å². The molecule has 5 heterocycles. The lowest BCUT2D eigenvalue weighted by atomic mass is 9.78. The monoisotopic (exact) mass is 389 g/mol. The first-order chi connectivity index (χ1) is 14.0. The lowest BCUT2D eigenvalue weighted by molar-refractivity contribution is 0.0973. The van der Waals surface area contributed by atoms with Gasteiger partial charge in [0.15, 0.2) is 0 Å². The zero-order valence-corrected chi connectivity index (χ0v) is 17.8. The molecule has 0 aromatic carbocycles. The second-order valence-corrected chi connectivity index (χ2v) is 9.75. The normalized spacial score (nSPS) is 23.3. The highest BCUT2D eigenvalue weighted by atomic mass is 15.2. The summed E-state index contributed by atoms with van der Waals surface area (Å²) in [7, 11) is 0. The van der Waals surface area contributed by atoms with E-state index >= 15 is 0 Å². The lowest BCUT2D eigenvalue weighted by Gasteiger charge is -2.43. The molecule has 2 aliphatic heterocycles. The van der Waals surface area contributed by atoms with E-state index in [1.807, 2.05) is 0 Å². The molecular weight excluding hydrogens is 358 g/mol. The van der Waals surface area contributed by atoms with E-state index in [1.165, 1.54) is 56.5 Å². The minimum atomic E-state index is 0.0620. The number of H-pyrrole nitrogens is 1. The number of rotatable bonds is 2. The highest BCUT2D eigenvalue weighted by molar-refractivity contribution is 5.84. The number of piperidine rings is 2. The summed E-state index contributed by atoms with van der Waals surface area (Å²) in [5.41, 5.74) is 6.87. The third-order valence-corrected chi connectivity index (χ3v) is 6.73. The van der Waals surface area contributed by atoms with E-state index in [4.69, 9.17) is 4.98 Å². The van der Waals surface area contributed by atoms with Crippen molar-refractivity contribution in [3.8, 4) is 11.4 Å². The molecule has 2 atom stereocenters. The van der Waals surface area contributed by atoms with E-state index < -0.39 is 0 Å². The summed E-state index contributed by atoms with van der Waals surface area (Å²) in [5, 5.41) is 0. The Morgan fingerprint density at radius 2 is 1.93 bits per heavy atom. The van der Waals surface area contributed by atoms with Crippen LogP contribution in [0.1, 0.15) is 70.1 Å². The van der Waals surface area contributed by atoms with Crippen LogP contribution in [0.15, 0.2) is 30.7 Å². The van der Waals surface area contributed by atoms with Crippen LogP contribution < -0.4 is 0 Å². The first-order valence-electron chi connectivity index (χ1n) is 11.0. The van der Waals surface area contributed by atoms with Gasteiger partial charge in [0, 0.05) is 35.1 Å². The van der Waals surface area contributed by atoms with E-state index in [0.29, 0.717) is 5.92 Å². The van der Waals surface area contributed by atoms with Crippen LogP contribution in [0.4, 0.5) is 0 Å². The van der Waals surface area contributed by atoms with Gasteiger partial charge in [-0.3, -0.25) is 9.97 Å². The first-order valence-corrected chi connectivity index (χ1v) is 11.0. The van der Waals surface area contributed by atoms with Crippen LogP contribution in [0.2, 0.25) is 0 Å². The Labute approximate surface area is 173 Å². The average Bonchev–Trinajstić information content (AvgIpc) is 3.13. The summed E-state index contributed by atoms with van der Waals surface area (Å²) in [5.74, 6) is 0.571. The van der Waals surface area contributed by atoms with Gasteiger partial charge in [0.05, 0.1) is 22.9 Å². The van der Waals surface area contributed by atoms with Crippen molar-refractivity contribution in [3.63, 3.8) is 0 Å². The third kappa shape index (κ3) is 3.46. The topological polar surface area (TPSA) is 57.7 Å². The number of aromatic nitrogens is 4. The average molecular weight is 390 g/mol. The van der Waals surface area contributed by atoms with Gasteiger partial charge in [-0.05, 0) is 56.8 Å². The van der Waals surface area contributed by atoms with E-state index in [0.717, 1.165) is 28.5 Å². The fraction of sp³-hybridized carbons (Fsp3) is 0.542. The molecule has 0 radical (unpaired) electrons. The minimum absolute atomic E-state index is 0.0620. The number of nitrogens with zero attached hydrogens (tertiary/aromatic N) is 4. The molecule has 0 spiro atoms. The van der Waals surface area contributed by atoms with Gasteiger partial charge in [-0.25, -0.2) is 4.98 Å². The maximum absolute atomic E-state index is 5.11. The van der Waals surface area contributed by atoms with Crippen molar-refractivity contribution in [1.29, 1.82) is 0 Å². The third-order valence-electron chi connectivity index (χ3n) is 6.73. The van der Waals surface area contributed by atoms with Gasteiger partial charge in [0.25, 0.3) is 0 Å². The molecule has 0 bridgehead atoms. The van der Waals surface area contributed by atoms with E-state index in [1.54, 1.807) is 18.6 Å². The molecule has 5 rings (SSSR count). The Morgan fingerprint density at radius 1 is 1.03 bits per heavy atom. The smallest absolute Gasteiger partial charge is 0.107 e. The Morgan fingerprint density at radius 3 is 2.72 bits per heavy atom. The van der Waals surface area contributed by atoms with Gasteiger partial charge in [-0.2, -0.15) is 0 Å². The van der Waals surface area contributed by atoms with Crippen LogP contribution >= 0.6 is 0 Å². The first kappa shape index (κ1) is 18.7. The van der Waals surface area contributed by atoms with Gasteiger partial charge in [-0.1, -0.05) is 27.2 Å². The van der Waals surface area contributed by atoms with Crippen molar-refractivity contribution < 1.29 is 0 Å². The van der Waals surface area contributed by atoms with Crippen molar-refractivity contribution in [2.24, 2.45) is 0 Å². The van der Waals surface area contributed by atoms with Gasteiger partial charge in [-0.15, -0.1) is 0 Å². The van der Waals surface area contributed by atoms with Crippen LogP contribution in [-0.4, -0.2) is 44.0 Å². The maximum Gasteiger partial charge on any atom is 0.107 e. The molecule has 2 unspecified atom stereocenters. The molecule has 0 saturated carbocycles. The summed E-state index contributed by atoms with van der Waals surface area (Å²) >= 11 is 0. The van der Waals surface area contributed by atoms with Gasteiger partial charge in [0.1, 0.15) is 5.69 Å². The standard InChI is InChI=1S/C24H31N5/c1-24(2,3)23-21(16-9-13-29-12-5-4-6-17(29)14-16)22-19(28-23)8-7-18(27-22)20-15-25-10-11-26-20/h7-8,10-11,15-17,28H,4-6,9,12-14H2,1-3H3. The molecule has 3 aromatic rings. The number of aromatic amines is 1. The molecule has 0 amide bonds. The second kappa shape index (κ2) is 7.21. The number of fused-ring (bicyclic) bond motifs is 2. The van der Waals surface area contributed by atoms with Crippen LogP contribution in [0, 0.1) is 0 Å². The number of nitrogens with one attached hydrogen (secondary N) is 1. The van der Waals surface area contributed by atoms with Crippen molar-refractivity contribution in [1.82, 2.24) is 24.8 Å². The quantitative estimate of drug-likeness (QED) is 0.666. The lowest BCUT2D eigenvalue weighted by Crippen LogP contribution is -2.45. The van der Waals surface area contributed by atoms with Crippen LogP contribution in [-0.2, 0) is 5.41 Å². The molecule has 2 aliphatic rings. The summed E-state index contributed by atoms with van der Waals surface area (Å²) in [6, 6.07) is 4.97. The second-order valence-electron chi connectivity index (χ2n) is 9.75. The minimum Gasteiger partial charge on any atom is -0.356 e. The fourth-order valence-corrected chi connectivity index (χ4v) is 5.30. The molecule has 29 heavy (non-hydrogen) atoms. The van der Waals surface area contributed by atoms with Gasteiger partial charge < -0.3 is 9.88 Å². The number of pyridine rings is 1. The fourth-order valence-electron chi connectivity index (χ4n) is 5.30. The predicted molar refractivity (Wildman–Crippen MR) is 117 cm³/mol.